The molecule has 0 amide bonds. The molecule has 0 aliphatic carbocycles. The number of benzene rings is 2. The molecule has 0 aliphatic heterocycles. The van der Waals surface area contributed by atoms with E-state index < -0.39 is 11.2 Å². The molecule has 160 valence electrons. The van der Waals surface area contributed by atoms with E-state index in [0.29, 0.717) is 28.0 Å². The van der Waals surface area contributed by atoms with Crippen LogP contribution in [0.4, 0.5) is 0 Å². The van der Waals surface area contributed by atoms with Gasteiger partial charge in [-0.1, -0.05) is 30.3 Å². The van der Waals surface area contributed by atoms with Crippen molar-refractivity contribution in [1.29, 1.82) is 0 Å². The molecule has 3 aromatic heterocycles. The first kappa shape index (κ1) is 19.7. The molecule has 0 aliphatic rings. The second-order valence-corrected chi connectivity index (χ2v) is 7.65. The van der Waals surface area contributed by atoms with Crippen LogP contribution in [0.5, 0.6) is 5.75 Å². The summed E-state index contributed by atoms with van der Waals surface area (Å²) in [7, 11) is 4.71. The van der Waals surface area contributed by atoms with Crippen LogP contribution in [0.1, 0.15) is 5.69 Å². The Morgan fingerprint density at radius 2 is 1.53 bits per heavy atom. The first-order valence-corrected chi connectivity index (χ1v) is 10.1. The van der Waals surface area contributed by atoms with Crippen molar-refractivity contribution in [3.8, 4) is 22.6 Å². The van der Waals surface area contributed by atoms with Crippen molar-refractivity contribution in [2.24, 2.45) is 14.1 Å². The molecule has 8 heteroatoms. The maximum absolute atomic E-state index is 13.3. The maximum Gasteiger partial charge on any atom is 0.332 e. The van der Waals surface area contributed by atoms with E-state index in [2.05, 4.69) is 0 Å². The minimum absolute atomic E-state index is 0.313. The largest absolute Gasteiger partial charge is 0.497 e. The SMILES string of the molecule is COc1ccc(-c2c3c(C)nn(-c4ccccc4)c3nc3c2c(=O)n(C)c(=O)n3C)cc1. The highest BCUT2D eigenvalue weighted by atomic mass is 16.5. The molecule has 0 spiro atoms. The Bertz CT molecular complexity index is 1610. The molecule has 8 nitrogen and oxygen atoms in total. The summed E-state index contributed by atoms with van der Waals surface area (Å²) in [6.45, 7) is 1.90. The smallest absolute Gasteiger partial charge is 0.332 e. The molecule has 0 atom stereocenters. The van der Waals surface area contributed by atoms with Crippen LogP contribution in [0.3, 0.4) is 0 Å². The molecule has 0 saturated carbocycles. The number of aromatic nitrogens is 5. The number of methoxy groups -OCH3 is 1. The standard InChI is InChI=1S/C24H21N5O3/c1-14-18-19(15-10-12-17(32-4)13-11-15)20-21(27(2)24(31)28(3)23(20)30)25-22(18)29(26-14)16-8-6-5-7-9-16/h5-13H,1-4H3. The minimum Gasteiger partial charge on any atom is -0.497 e. The van der Waals surface area contributed by atoms with Crippen LogP contribution in [0, 0.1) is 6.92 Å². The monoisotopic (exact) mass is 427 g/mol. The van der Waals surface area contributed by atoms with Crippen molar-refractivity contribution >= 4 is 22.1 Å². The maximum atomic E-state index is 13.3. The first-order chi connectivity index (χ1) is 15.4. The zero-order chi connectivity index (χ0) is 22.6. The Hall–Kier alpha value is -4.20. The fourth-order valence-electron chi connectivity index (χ4n) is 4.12. The van der Waals surface area contributed by atoms with E-state index in [-0.39, 0.29) is 0 Å². The van der Waals surface area contributed by atoms with Gasteiger partial charge in [0.15, 0.2) is 11.3 Å². The summed E-state index contributed by atoms with van der Waals surface area (Å²) in [6, 6.07) is 17.1. The fourth-order valence-corrected chi connectivity index (χ4v) is 4.12. The van der Waals surface area contributed by atoms with E-state index in [0.717, 1.165) is 26.9 Å². The highest BCUT2D eigenvalue weighted by Gasteiger charge is 2.23. The Labute approximate surface area is 182 Å². The summed E-state index contributed by atoms with van der Waals surface area (Å²) in [5.74, 6) is 0.709. The van der Waals surface area contributed by atoms with Gasteiger partial charge in [-0.2, -0.15) is 5.10 Å². The highest BCUT2D eigenvalue weighted by molar-refractivity contribution is 6.09. The molecule has 0 bridgehead atoms. The second kappa shape index (κ2) is 7.19. The van der Waals surface area contributed by atoms with Crippen molar-refractivity contribution in [2.75, 3.05) is 7.11 Å². The van der Waals surface area contributed by atoms with Crippen molar-refractivity contribution in [3.63, 3.8) is 0 Å². The van der Waals surface area contributed by atoms with Gasteiger partial charge in [-0.25, -0.2) is 14.5 Å². The zero-order valence-corrected chi connectivity index (χ0v) is 18.2. The van der Waals surface area contributed by atoms with Gasteiger partial charge in [-0.15, -0.1) is 0 Å². The van der Waals surface area contributed by atoms with E-state index in [1.54, 1.807) is 18.8 Å². The third kappa shape index (κ3) is 2.76. The number of aryl methyl sites for hydroxylation is 2. The van der Waals surface area contributed by atoms with Crippen LogP contribution in [-0.2, 0) is 14.1 Å². The summed E-state index contributed by atoms with van der Waals surface area (Å²) in [5, 5.41) is 5.88. The van der Waals surface area contributed by atoms with Gasteiger partial charge in [0.2, 0.25) is 0 Å². The number of para-hydroxylation sites is 1. The number of hydrogen-bond donors (Lipinski definition) is 0. The van der Waals surface area contributed by atoms with Crippen LogP contribution in [0.25, 0.3) is 38.9 Å². The topological polar surface area (TPSA) is 83.9 Å². The number of pyridine rings is 1. The van der Waals surface area contributed by atoms with Gasteiger partial charge in [0.1, 0.15) is 5.75 Å². The fraction of sp³-hybridized carbons (Fsp3) is 0.167. The van der Waals surface area contributed by atoms with Gasteiger partial charge in [-0.05, 0) is 36.8 Å². The van der Waals surface area contributed by atoms with Gasteiger partial charge in [0.25, 0.3) is 5.56 Å². The quantitative estimate of drug-likeness (QED) is 0.442. The molecule has 5 rings (SSSR count). The summed E-state index contributed by atoms with van der Waals surface area (Å²) >= 11 is 0. The summed E-state index contributed by atoms with van der Waals surface area (Å²) in [5.41, 5.74) is 3.15. The first-order valence-electron chi connectivity index (χ1n) is 10.1. The van der Waals surface area contributed by atoms with Gasteiger partial charge in [0.05, 0.1) is 29.3 Å². The highest BCUT2D eigenvalue weighted by Crippen LogP contribution is 2.36. The van der Waals surface area contributed by atoms with Gasteiger partial charge < -0.3 is 4.74 Å². The molecule has 0 fully saturated rings. The molecule has 0 radical (unpaired) electrons. The summed E-state index contributed by atoms with van der Waals surface area (Å²) in [4.78, 5) is 30.8. The number of fused-ring (bicyclic) bond motifs is 2. The van der Waals surface area contributed by atoms with Crippen LogP contribution >= 0.6 is 0 Å². The lowest BCUT2D eigenvalue weighted by atomic mass is 9.98. The van der Waals surface area contributed by atoms with E-state index in [1.807, 2.05) is 61.5 Å². The average molecular weight is 427 g/mol. The molecule has 0 saturated heterocycles. The zero-order valence-electron chi connectivity index (χ0n) is 18.2. The lowest BCUT2D eigenvalue weighted by molar-refractivity contribution is 0.415. The Morgan fingerprint density at radius 1 is 0.844 bits per heavy atom. The summed E-state index contributed by atoms with van der Waals surface area (Å²) in [6.07, 6.45) is 0. The van der Waals surface area contributed by atoms with E-state index in [1.165, 1.54) is 11.6 Å². The van der Waals surface area contributed by atoms with Crippen molar-refractivity contribution in [1.82, 2.24) is 23.9 Å². The van der Waals surface area contributed by atoms with E-state index in [4.69, 9.17) is 14.8 Å². The van der Waals surface area contributed by atoms with Gasteiger partial charge in [-0.3, -0.25) is 13.9 Å². The molecule has 32 heavy (non-hydrogen) atoms. The number of ether oxygens (including phenoxy) is 1. The lowest BCUT2D eigenvalue weighted by Crippen LogP contribution is -2.37. The van der Waals surface area contributed by atoms with Gasteiger partial charge >= 0.3 is 5.69 Å². The lowest BCUT2D eigenvalue weighted by Gasteiger charge is -2.13. The third-order valence-electron chi connectivity index (χ3n) is 5.76. The van der Waals surface area contributed by atoms with Crippen molar-refractivity contribution < 1.29 is 4.74 Å². The second-order valence-electron chi connectivity index (χ2n) is 7.65. The molecule has 0 N–H and O–H groups in total. The van der Waals surface area contributed by atoms with Gasteiger partial charge in [0, 0.05) is 19.7 Å². The molecule has 0 unspecified atom stereocenters. The minimum atomic E-state index is -0.433. The van der Waals surface area contributed by atoms with Crippen molar-refractivity contribution in [3.05, 3.63) is 81.1 Å². The molecule has 5 aromatic rings. The predicted molar refractivity (Wildman–Crippen MR) is 124 cm³/mol. The average Bonchev–Trinajstić information content (AvgIpc) is 3.17. The summed E-state index contributed by atoms with van der Waals surface area (Å²) < 4.78 is 9.57. The normalized spacial score (nSPS) is 11.4. The van der Waals surface area contributed by atoms with E-state index >= 15 is 0 Å². The number of nitrogens with zero attached hydrogens (tertiary/aromatic N) is 5. The Balaban J connectivity index is 2.03. The van der Waals surface area contributed by atoms with Crippen LogP contribution in [0.15, 0.2) is 64.2 Å². The van der Waals surface area contributed by atoms with E-state index in [9.17, 15) is 9.59 Å². The number of hydrogen-bond acceptors (Lipinski definition) is 5. The van der Waals surface area contributed by atoms with Crippen LogP contribution in [0.2, 0.25) is 0 Å². The number of rotatable bonds is 3. The Morgan fingerprint density at radius 3 is 2.19 bits per heavy atom. The molecule has 3 heterocycles. The molecule has 2 aromatic carbocycles. The predicted octanol–water partition coefficient (Wildman–Crippen LogP) is 2.96. The van der Waals surface area contributed by atoms with Crippen LogP contribution < -0.4 is 16.0 Å². The third-order valence-corrected chi connectivity index (χ3v) is 5.76. The molecular formula is C24H21N5O3. The van der Waals surface area contributed by atoms with Crippen LogP contribution in [-0.4, -0.2) is 31.0 Å². The molecular weight excluding hydrogens is 406 g/mol. The Kier molecular flexibility index (Phi) is 4.44. The van der Waals surface area contributed by atoms with Crippen molar-refractivity contribution in [2.45, 2.75) is 6.92 Å².